The molecular formula is C16H12ClN3O2. The molecule has 2 aromatic carbocycles. The Morgan fingerprint density at radius 1 is 1.09 bits per heavy atom. The third-order valence-corrected chi connectivity index (χ3v) is 3.45. The Morgan fingerprint density at radius 3 is 2.41 bits per heavy atom. The number of hydrogen-bond acceptors (Lipinski definition) is 3. The van der Waals surface area contributed by atoms with Crippen LogP contribution in [0, 0.1) is 0 Å². The van der Waals surface area contributed by atoms with Crippen LogP contribution < -0.4 is 0 Å². The Bertz CT molecular complexity index is 798. The van der Waals surface area contributed by atoms with E-state index in [-0.39, 0.29) is 6.42 Å². The fraction of sp³-hybridized carbons (Fsp3) is 0.0625. The highest BCUT2D eigenvalue weighted by atomic mass is 35.5. The Morgan fingerprint density at radius 2 is 1.77 bits per heavy atom. The molecule has 0 atom stereocenters. The van der Waals surface area contributed by atoms with Crippen LogP contribution in [0.5, 0.6) is 0 Å². The second kappa shape index (κ2) is 5.99. The number of benzene rings is 2. The van der Waals surface area contributed by atoms with Crippen molar-refractivity contribution in [3.63, 3.8) is 0 Å². The van der Waals surface area contributed by atoms with Crippen LogP contribution in [0.4, 0.5) is 0 Å². The highest BCUT2D eigenvalue weighted by Gasteiger charge is 2.18. The van der Waals surface area contributed by atoms with Crippen molar-refractivity contribution in [1.29, 1.82) is 0 Å². The third-order valence-electron chi connectivity index (χ3n) is 3.20. The second-order valence-corrected chi connectivity index (χ2v) is 5.15. The van der Waals surface area contributed by atoms with Gasteiger partial charge in [0.2, 0.25) is 0 Å². The molecule has 0 saturated heterocycles. The predicted octanol–water partition coefficient (Wildman–Crippen LogP) is 3.21. The molecule has 0 aliphatic heterocycles. The van der Waals surface area contributed by atoms with Gasteiger partial charge in [-0.1, -0.05) is 47.1 Å². The second-order valence-electron chi connectivity index (χ2n) is 4.71. The number of aliphatic carboxylic acids is 1. The molecule has 0 amide bonds. The molecule has 1 heterocycles. The van der Waals surface area contributed by atoms with Gasteiger partial charge in [-0.2, -0.15) is 0 Å². The molecule has 1 N–H and O–H groups in total. The summed E-state index contributed by atoms with van der Waals surface area (Å²) >= 11 is 5.89. The van der Waals surface area contributed by atoms with Gasteiger partial charge >= 0.3 is 5.97 Å². The van der Waals surface area contributed by atoms with Crippen LogP contribution in [0.1, 0.15) is 5.69 Å². The highest BCUT2D eigenvalue weighted by Crippen LogP contribution is 2.25. The summed E-state index contributed by atoms with van der Waals surface area (Å²) in [6, 6.07) is 16.4. The van der Waals surface area contributed by atoms with E-state index in [0.29, 0.717) is 16.4 Å². The fourth-order valence-corrected chi connectivity index (χ4v) is 2.34. The van der Waals surface area contributed by atoms with E-state index in [4.69, 9.17) is 11.6 Å². The first kappa shape index (κ1) is 14.3. The van der Waals surface area contributed by atoms with Gasteiger partial charge in [-0.25, -0.2) is 4.68 Å². The molecular weight excluding hydrogens is 302 g/mol. The maximum atomic E-state index is 11.2. The predicted molar refractivity (Wildman–Crippen MR) is 83.1 cm³/mol. The van der Waals surface area contributed by atoms with Crippen LogP contribution in [0.2, 0.25) is 5.02 Å². The summed E-state index contributed by atoms with van der Waals surface area (Å²) in [6.07, 6.45) is -0.167. The van der Waals surface area contributed by atoms with Crippen molar-refractivity contribution < 1.29 is 9.90 Å². The van der Waals surface area contributed by atoms with Gasteiger partial charge in [0.15, 0.2) is 0 Å². The zero-order valence-corrected chi connectivity index (χ0v) is 12.2. The minimum atomic E-state index is -0.935. The molecule has 22 heavy (non-hydrogen) atoms. The monoisotopic (exact) mass is 313 g/mol. The van der Waals surface area contributed by atoms with Crippen LogP contribution in [0.25, 0.3) is 16.9 Å². The van der Waals surface area contributed by atoms with E-state index in [0.717, 1.165) is 11.3 Å². The van der Waals surface area contributed by atoms with Gasteiger partial charge in [0.1, 0.15) is 5.69 Å². The average molecular weight is 314 g/mol. The SMILES string of the molecule is O=C(O)Cc1c(-c2ccc(Cl)cc2)nnn1-c1ccccc1. The molecule has 0 spiro atoms. The van der Waals surface area contributed by atoms with Crippen LogP contribution in [0.3, 0.4) is 0 Å². The van der Waals surface area contributed by atoms with E-state index in [1.165, 1.54) is 0 Å². The normalized spacial score (nSPS) is 10.6. The van der Waals surface area contributed by atoms with Crippen molar-refractivity contribution in [3.8, 4) is 16.9 Å². The topological polar surface area (TPSA) is 68.0 Å². The van der Waals surface area contributed by atoms with Crippen molar-refractivity contribution in [1.82, 2.24) is 15.0 Å². The van der Waals surface area contributed by atoms with Crippen LogP contribution in [-0.2, 0) is 11.2 Å². The van der Waals surface area contributed by atoms with Gasteiger partial charge in [0, 0.05) is 10.6 Å². The van der Waals surface area contributed by atoms with E-state index < -0.39 is 5.97 Å². The largest absolute Gasteiger partial charge is 0.481 e. The molecule has 0 saturated carbocycles. The fourth-order valence-electron chi connectivity index (χ4n) is 2.21. The summed E-state index contributed by atoms with van der Waals surface area (Å²) in [7, 11) is 0. The molecule has 0 aliphatic carbocycles. The van der Waals surface area contributed by atoms with Crippen LogP contribution >= 0.6 is 11.6 Å². The molecule has 0 radical (unpaired) electrons. The molecule has 0 fully saturated rings. The van der Waals surface area contributed by atoms with Gasteiger partial charge < -0.3 is 5.11 Å². The number of para-hydroxylation sites is 1. The highest BCUT2D eigenvalue weighted by molar-refractivity contribution is 6.30. The number of carbonyl (C=O) groups is 1. The van der Waals surface area contributed by atoms with Crippen LogP contribution in [-0.4, -0.2) is 26.1 Å². The lowest BCUT2D eigenvalue weighted by atomic mass is 10.1. The van der Waals surface area contributed by atoms with E-state index in [1.807, 2.05) is 30.3 Å². The van der Waals surface area contributed by atoms with Crippen molar-refractivity contribution in [3.05, 3.63) is 65.3 Å². The quantitative estimate of drug-likeness (QED) is 0.803. The van der Waals surface area contributed by atoms with E-state index >= 15 is 0 Å². The maximum Gasteiger partial charge on any atom is 0.309 e. The van der Waals surface area contributed by atoms with Gasteiger partial charge in [0.25, 0.3) is 0 Å². The Hall–Kier alpha value is -2.66. The first-order valence-electron chi connectivity index (χ1n) is 6.63. The van der Waals surface area contributed by atoms with E-state index in [1.54, 1.807) is 28.9 Å². The summed E-state index contributed by atoms with van der Waals surface area (Å²) in [6.45, 7) is 0. The zero-order chi connectivity index (χ0) is 15.5. The minimum Gasteiger partial charge on any atom is -0.481 e. The number of hydrogen-bond donors (Lipinski definition) is 1. The number of rotatable bonds is 4. The smallest absolute Gasteiger partial charge is 0.309 e. The first-order chi connectivity index (χ1) is 10.6. The zero-order valence-electron chi connectivity index (χ0n) is 11.5. The lowest BCUT2D eigenvalue weighted by molar-refractivity contribution is -0.136. The van der Waals surface area contributed by atoms with E-state index in [9.17, 15) is 9.90 Å². The van der Waals surface area contributed by atoms with Crippen molar-refractivity contribution >= 4 is 17.6 Å². The maximum absolute atomic E-state index is 11.2. The third kappa shape index (κ3) is 2.84. The Kier molecular flexibility index (Phi) is 3.89. The summed E-state index contributed by atoms with van der Waals surface area (Å²) in [5.41, 5.74) is 2.62. The Labute approximate surface area is 131 Å². The summed E-state index contributed by atoms with van der Waals surface area (Å²) in [4.78, 5) is 11.2. The average Bonchev–Trinajstić information content (AvgIpc) is 2.92. The minimum absolute atomic E-state index is 0.167. The molecule has 0 bridgehead atoms. The summed E-state index contributed by atoms with van der Waals surface area (Å²) < 4.78 is 1.55. The number of halogens is 1. The van der Waals surface area contributed by atoms with Gasteiger partial charge in [0.05, 0.1) is 17.8 Å². The van der Waals surface area contributed by atoms with Gasteiger partial charge in [-0.3, -0.25) is 4.79 Å². The lowest BCUT2D eigenvalue weighted by Crippen LogP contribution is -2.08. The van der Waals surface area contributed by atoms with Crippen molar-refractivity contribution in [2.75, 3.05) is 0 Å². The number of carboxylic acids is 1. The van der Waals surface area contributed by atoms with Gasteiger partial charge in [-0.05, 0) is 24.3 Å². The molecule has 110 valence electrons. The van der Waals surface area contributed by atoms with Gasteiger partial charge in [-0.15, -0.1) is 5.10 Å². The first-order valence-corrected chi connectivity index (χ1v) is 7.00. The van der Waals surface area contributed by atoms with Crippen molar-refractivity contribution in [2.24, 2.45) is 0 Å². The molecule has 1 aromatic heterocycles. The van der Waals surface area contributed by atoms with Crippen molar-refractivity contribution in [2.45, 2.75) is 6.42 Å². The summed E-state index contributed by atoms with van der Waals surface area (Å²) in [5.74, 6) is -0.935. The van der Waals surface area contributed by atoms with E-state index in [2.05, 4.69) is 10.3 Å². The lowest BCUT2D eigenvalue weighted by Gasteiger charge is -2.06. The molecule has 5 nitrogen and oxygen atoms in total. The number of carboxylic acid groups (broad SMARTS) is 1. The van der Waals surface area contributed by atoms with Crippen LogP contribution in [0.15, 0.2) is 54.6 Å². The molecule has 0 aliphatic rings. The number of aromatic nitrogens is 3. The number of nitrogens with zero attached hydrogens (tertiary/aromatic N) is 3. The molecule has 6 heteroatoms. The molecule has 3 rings (SSSR count). The molecule has 0 unspecified atom stereocenters. The standard InChI is InChI=1S/C16H12ClN3O2/c17-12-8-6-11(7-9-12)16-14(10-15(21)22)20(19-18-16)13-4-2-1-3-5-13/h1-9H,10H2,(H,21,22). The Balaban J connectivity index is 2.13. The molecule has 3 aromatic rings. The summed E-state index contributed by atoms with van der Waals surface area (Å²) in [5, 5.41) is 18.1.